The number of carbonyl (C=O) groups excluding carboxylic acids is 1. The Bertz CT molecular complexity index is 1260. The molecule has 0 aliphatic carbocycles. The molecule has 0 bridgehead atoms. The number of rotatable bonds is 5. The first-order chi connectivity index (χ1) is 14.7. The number of para-hydroxylation sites is 1. The number of likely N-dealkylation sites (tertiary alicyclic amines) is 1. The Morgan fingerprint density at radius 1 is 1.10 bits per heavy atom. The molecule has 4 aromatic rings. The average molecular weight is 402 g/mol. The van der Waals surface area contributed by atoms with Crippen molar-refractivity contribution < 1.29 is 9.32 Å². The standard InChI is InChI=1S/C21H18N6O3/c28-18(8-10-26-13-23-16-6-2-1-5-15(16)21(26)29)27-11-14(12-27)20-24-19(25-30-20)17-7-3-4-9-22-17/h1-7,9,13-14H,8,10-12H2. The number of aryl methyl sites for hydroxylation is 1. The van der Waals surface area contributed by atoms with Gasteiger partial charge in [-0.1, -0.05) is 23.4 Å². The molecule has 9 nitrogen and oxygen atoms in total. The Labute approximate surface area is 171 Å². The van der Waals surface area contributed by atoms with Crippen molar-refractivity contribution in [1.29, 1.82) is 0 Å². The third-order valence-electron chi connectivity index (χ3n) is 5.22. The number of aromatic nitrogens is 5. The summed E-state index contributed by atoms with van der Waals surface area (Å²) in [7, 11) is 0. The predicted molar refractivity (Wildman–Crippen MR) is 107 cm³/mol. The molecule has 3 aromatic heterocycles. The molecule has 1 saturated heterocycles. The number of pyridine rings is 1. The van der Waals surface area contributed by atoms with Gasteiger partial charge in [-0.2, -0.15) is 4.98 Å². The van der Waals surface area contributed by atoms with Crippen LogP contribution in [0.2, 0.25) is 0 Å². The zero-order chi connectivity index (χ0) is 20.5. The molecule has 0 unspecified atom stereocenters. The van der Waals surface area contributed by atoms with Gasteiger partial charge in [0.2, 0.25) is 17.6 Å². The van der Waals surface area contributed by atoms with Crippen molar-refractivity contribution in [2.75, 3.05) is 13.1 Å². The molecular weight excluding hydrogens is 384 g/mol. The number of amides is 1. The van der Waals surface area contributed by atoms with Gasteiger partial charge in [0, 0.05) is 32.3 Å². The van der Waals surface area contributed by atoms with E-state index in [4.69, 9.17) is 4.52 Å². The highest BCUT2D eigenvalue weighted by Gasteiger charge is 2.35. The van der Waals surface area contributed by atoms with E-state index >= 15 is 0 Å². The minimum absolute atomic E-state index is 0.0176. The van der Waals surface area contributed by atoms with Crippen LogP contribution in [0.4, 0.5) is 0 Å². The monoisotopic (exact) mass is 402 g/mol. The number of fused-ring (bicyclic) bond motifs is 1. The molecule has 5 rings (SSSR count). The fourth-order valence-electron chi connectivity index (χ4n) is 3.48. The van der Waals surface area contributed by atoms with Crippen molar-refractivity contribution in [3.8, 4) is 11.5 Å². The fourth-order valence-corrected chi connectivity index (χ4v) is 3.48. The third-order valence-corrected chi connectivity index (χ3v) is 5.22. The van der Waals surface area contributed by atoms with Gasteiger partial charge in [-0.05, 0) is 24.3 Å². The molecule has 1 aliphatic rings. The average Bonchev–Trinajstić information content (AvgIpc) is 3.23. The third kappa shape index (κ3) is 3.34. The normalized spacial score (nSPS) is 14.1. The summed E-state index contributed by atoms with van der Waals surface area (Å²) in [5.41, 5.74) is 1.16. The SMILES string of the molecule is O=C(CCn1cnc2ccccc2c1=O)N1CC(c2nc(-c3ccccn3)no2)C1. The Hall–Kier alpha value is -3.88. The van der Waals surface area contributed by atoms with E-state index < -0.39 is 0 Å². The van der Waals surface area contributed by atoms with Gasteiger partial charge in [-0.15, -0.1) is 0 Å². The van der Waals surface area contributed by atoms with Gasteiger partial charge in [0.25, 0.3) is 5.56 Å². The van der Waals surface area contributed by atoms with Crippen LogP contribution < -0.4 is 5.56 Å². The summed E-state index contributed by atoms with van der Waals surface area (Å²) < 4.78 is 6.82. The van der Waals surface area contributed by atoms with Gasteiger partial charge in [0.1, 0.15) is 5.69 Å². The van der Waals surface area contributed by atoms with Crippen molar-refractivity contribution in [1.82, 2.24) is 29.6 Å². The highest BCUT2D eigenvalue weighted by molar-refractivity contribution is 5.78. The summed E-state index contributed by atoms with van der Waals surface area (Å²) in [6, 6.07) is 12.7. The van der Waals surface area contributed by atoms with E-state index in [9.17, 15) is 9.59 Å². The largest absolute Gasteiger partial charge is 0.341 e. The number of benzene rings is 1. The second kappa shape index (κ2) is 7.51. The van der Waals surface area contributed by atoms with Gasteiger partial charge in [0.15, 0.2) is 0 Å². The molecule has 0 N–H and O–H groups in total. The molecule has 0 spiro atoms. The van der Waals surface area contributed by atoms with Crippen LogP contribution in [0, 0.1) is 0 Å². The Morgan fingerprint density at radius 2 is 1.93 bits per heavy atom. The Kier molecular flexibility index (Phi) is 4.55. The first kappa shape index (κ1) is 18.2. The molecular formula is C21H18N6O3. The summed E-state index contributed by atoms with van der Waals surface area (Å²) in [6.45, 7) is 1.34. The van der Waals surface area contributed by atoms with E-state index in [1.165, 1.54) is 10.9 Å². The van der Waals surface area contributed by atoms with Crippen LogP contribution in [0.1, 0.15) is 18.2 Å². The highest BCUT2D eigenvalue weighted by atomic mass is 16.5. The second-order valence-electron chi connectivity index (χ2n) is 7.18. The molecule has 0 atom stereocenters. The lowest BCUT2D eigenvalue weighted by molar-refractivity contribution is -0.136. The smallest absolute Gasteiger partial charge is 0.261 e. The maximum atomic E-state index is 12.5. The molecule has 0 saturated carbocycles. The lowest BCUT2D eigenvalue weighted by atomic mass is 9.99. The molecule has 1 fully saturated rings. The van der Waals surface area contributed by atoms with Crippen LogP contribution in [0.25, 0.3) is 22.4 Å². The van der Waals surface area contributed by atoms with Crippen molar-refractivity contribution in [3.63, 3.8) is 0 Å². The zero-order valence-electron chi connectivity index (χ0n) is 16.0. The van der Waals surface area contributed by atoms with E-state index in [1.54, 1.807) is 29.3 Å². The fraction of sp³-hybridized carbons (Fsp3) is 0.238. The summed E-state index contributed by atoms with van der Waals surface area (Å²) in [5, 5.41) is 4.53. The first-order valence-corrected chi connectivity index (χ1v) is 9.66. The Morgan fingerprint density at radius 3 is 2.77 bits per heavy atom. The van der Waals surface area contributed by atoms with E-state index in [1.807, 2.05) is 24.3 Å². The quantitative estimate of drug-likeness (QED) is 0.501. The van der Waals surface area contributed by atoms with Crippen LogP contribution in [0.15, 0.2) is 64.3 Å². The molecule has 1 aliphatic heterocycles. The lowest BCUT2D eigenvalue weighted by Gasteiger charge is -2.37. The van der Waals surface area contributed by atoms with Crippen molar-refractivity contribution >= 4 is 16.8 Å². The number of nitrogens with zero attached hydrogens (tertiary/aromatic N) is 6. The molecule has 30 heavy (non-hydrogen) atoms. The summed E-state index contributed by atoms with van der Waals surface area (Å²) in [4.78, 5) is 39.6. The van der Waals surface area contributed by atoms with Gasteiger partial charge in [-0.3, -0.25) is 19.1 Å². The van der Waals surface area contributed by atoms with Crippen molar-refractivity contribution in [3.05, 3.63) is 71.2 Å². The van der Waals surface area contributed by atoms with E-state index in [0.29, 0.717) is 47.9 Å². The molecule has 9 heteroatoms. The molecule has 4 heterocycles. The first-order valence-electron chi connectivity index (χ1n) is 9.66. The second-order valence-corrected chi connectivity index (χ2v) is 7.18. The summed E-state index contributed by atoms with van der Waals surface area (Å²) in [5.74, 6) is 0.952. The molecule has 150 valence electrons. The number of hydrogen-bond donors (Lipinski definition) is 0. The van der Waals surface area contributed by atoms with Crippen LogP contribution in [-0.4, -0.2) is 48.6 Å². The van der Waals surface area contributed by atoms with Crippen molar-refractivity contribution in [2.45, 2.75) is 18.9 Å². The number of hydrogen-bond acceptors (Lipinski definition) is 7. The molecule has 1 amide bonds. The minimum Gasteiger partial charge on any atom is -0.341 e. The minimum atomic E-state index is -0.136. The topological polar surface area (TPSA) is 107 Å². The zero-order valence-corrected chi connectivity index (χ0v) is 16.0. The van der Waals surface area contributed by atoms with E-state index in [-0.39, 0.29) is 23.8 Å². The van der Waals surface area contributed by atoms with Gasteiger partial charge in [-0.25, -0.2) is 4.98 Å². The number of carbonyl (C=O) groups is 1. The maximum absolute atomic E-state index is 12.5. The molecule has 1 aromatic carbocycles. The predicted octanol–water partition coefficient (Wildman–Crippen LogP) is 1.86. The summed E-state index contributed by atoms with van der Waals surface area (Å²) >= 11 is 0. The van der Waals surface area contributed by atoms with Crippen molar-refractivity contribution in [2.24, 2.45) is 0 Å². The van der Waals surface area contributed by atoms with Gasteiger partial charge >= 0.3 is 0 Å². The van der Waals surface area contributed by atoms with Crippen LogP contribution in [0.3, 0.4) is 0 Å². The lowest BCUT2D eigenvalue weighted by Crippen LogP contribution is -2.48. The highest BCUT2D eigenvalue weighted by Crippen LogP contribution is 2.27. The van der Waals surface area contributed by atoms with Crippen LogP contribution in [-0.2, 0) is 11.3 Å². The maximum Gasteiger partial charge on any atom is 0.261 e. The van der Waals surface area contributed by atoms with E-state index in [0.717, 1.165) is 0 Å². The molecule has 0 radical (unpaired) electrons. The Balaban J connectivity index is 1.18. The summed E-state index contributed by atoms with van der Waals surface area (Å²) in [6.07, 6.45) is 3.40. The van der Waals surface area contributed by atoms with Gasteiger partial charge < -0.3 is 9.42 Å². The van der Waals surface area contributed by atoms with Gasteiger partial charge in [0.05, 0.1) is 23.1 Å². The van der Waals surface area contributed by atoms with Crippen LogP contribution >= 0.6 is 0 Å². The van der Waals surface area contributed by atoms with E-state index in [2.05, 4.69) is 20.1 Å². The van der Waals surface area contributed by atoms with Crippen LogP contribution in [0.5, 0.6) is 0 Å².